The number of allylic oxidation sites excluding steroid dienone is 4. The van der Waals surface area contributed by atoms with E-state index in [4.69, 9.17) is 0 Å². The molecular formula is C11H14N2O2S2. The zero-order valence-electron chi connectivity index (χ0n) is 9.46. The zero-order valence-corrected chi connectivity index (χ0v) is 11.1. The number of anilines is 1. The van der Waals surface area contributed by atoms with Crippen molar-refractivity contribution in [2.75, 3.05) is 4.72 Å². The Balaban J connectivity index is 2.97. The summed E-state index contributed by atoms with van der Waals surface area (Å²) in [4.78, 5) is 4.10. The average Bonchev–Trinajstić information content (AvgIpc) is 2.75. The third kappa shape index (κ3) is 4.16. The highest BCUT2D eigenvalue weighted by Crippen LogP contribution is 2.17. The van der Waals surface area contributed by atoms with Crippen LogP contribution in [-0.2, 0) is 10.0 Å². The van der Waals surface area contributed by atoms with Gasteiger partial charge in [-0.2, -0.15) is 0 Å². The van der Waals surface area contributed by atoms with E-state index in [9.17, 15) is 8.42 Å². The Kier molecular flexibility index (Phi) is 5.11. The van der Waals surface area contributed by atoms with Crippen molar-refractivity contribution in [1.29, 1.82) is 0 Å². The molecule has 0 bridgehead atoms. The van der Waals surface area contributed by atoms with Gasteiger partial charge < -0.3 is 0 Å². The Morgan fingerprint density at radius 1 is 1.65 bits per heavy atom. The van der Waals surface area contributed by atoms with Crippen LogP contribution in [0.1, 0.15) is 13.3 Å². The molecule has 0 fully saturated rings. The molecule has 92 valence electrons. The first-order chi connectivity index (χ1) is 8.10. The lowest BCUT2D eigenvalue weighted by atomic mass is 10.4. The SMILES string of the molecule is C=C/C=C\C(=C/CC)S(=O)(=O)Nc1nccs1. The minimum atomic E-state index is -3.56. The minimum absolute atomic E-state index is 0.218. The van der Waals surface area contributed by atoms with E-state index in [0.29, 0.717) is 11.6 Å². The minimum Gasteiger partial charge on any atom is -0.255 e. The Labute approximate surface area is 105 Å². The smallest absolute Gasteiger partial charge is 0.255 e. The topological polar surface area (TPSA) is 59.1 Å². The second-order valence-corrected chi connectivity index (χ2v) is 5.63. The van der Waals surface area contributed by atoms with Gasteiger partial charge in [0.05, 0.1) is 4.91 Å². The first kappa shape index (κ1) is 13.7. The van der Waals surface area contributed by atoms with E-state index in [-0.39, 0.29) is 4.91 Å². The van der Waals surface area contributed by atoms with E-state index < -0.39 is 10.0 Å². The predicted molar refractivity (Wildman–Crippen MR) is 72.4 cm³/mol. The summed E-state index contributed by atoms with van der Waals surface area (Å²) in [5, 5.41) is 2.07. The molecule has 0 atom stereocenters. The number of nitrogens with one attached hydrogen (secondary N) is 1. The van der Waals surface area contributed by atoms with Crippen molar-refractivity contribution >= 4 is 26.5 Å². The Morgan fingerprint density at radius 2 is 2.41 bits per heavy atom. The highest BCUT2D eigenvalue weighted by molar-refractivity contribution is 7.96. The number of nitrogens with zero attached hydrogens (tertiary/aromatic N) is 1. The van der Waals surface area contributed by atoms with E-state index >= 15 is 0 Å². The van der Waals surface area contributed by atoms with Crippen molar-refractivity contribution in [2.24, 2.45) is 0 Å². The van der Waals surface area contributed by atoms with E-state index in [1.807, 2.05) is 6.92 Å². The first-order valence-electron chi connectivity index (χ1n) is 5.01. The molecule has 1 N–H and O–H groups in total. The van der Waals surface area contributed by atoms with Crippen LogP contribution < -0.4 is 4.72 Å². The fourth-order valence-electron chi connectivity index (χ4n) is 1.08. The summed E-state index contributed by atoms with van der Waals surface area (Å²) in [5.74, 6) is 0. The van der Waals surface area contributed by atoms with Gasteiger partial charge in [-0.05, 0) is 12.5 Å². The quantitative estimate of drug-likeness (QED) is 0.808. The van der Waals surface area contributed by atoms with Gasteiger partial charge in [-0.25, -0.2) is 13.4 Å². The van der Waals surface area contributed by atoms with Gasteiger partial charge in [0.15, 0.2) is 5.13 Å². The summed E-state index contributed by atoms with van der Waals surface area (Å²) < 4.78 is 26.4. The molecule has 0 unspecified atom stereocenters. The standard InChI is InChI=1S/C11H14N2O2S2/c1-3-5-7-10(6-4-2)17(14,15)13-11-12-8-9-16-11/h3,5-9H,1,4H2,2H3,(H,12,13)/b7-5-,10-6+. The first-order valence-corrected chi connectivity index (χ1v) is 7.38. The molecule has 0 aliphatic carbocycles. The van der Waals surface area contributed by atoms with Crippen LogP contribution in [0.15, 0.2) is 47.4 Å². The highest BCUT2D eigenvalue weighted by Gasteiger charge is 2.15. The van der Waals surface area contributed by atoms with Gasteiger partial charge in [0.2, 0.25) is 0 Å². The maximum absolute atomic E-state index is 12.0. The normalized spacial score (nSPS) is 12.9. The van der Waals surface area contributed by atoms with Gasteiger partial charge in [-0.1, -0.05) is 31.7 Å². The Hall–Kier alpha value is -1.40. The van der Waals surface area contributed by atoms with Gasteiger partial charge >= 0.3 is 0 Å². The number of rotatable bonds is 6. The van der Waals surface area contributed by atoms with E-state index in [2.05, 4.69) is 16.3 Å². The molecule has 1 aromatic rings. The van der Waals surface area contributed by atoms with Crippen LogP contribution in [0.25, 0.3) is 0 Å². The molecule has 1 heterocycles. The zero-order chi connectivity index (χ0) is 12.7. The van der Waals surface area contributed by atoms with Gasteiger partial charge in [-0.15, -0.1) is 11.3 Å². The molecular weight excluding hydrogens is 256 g/mol. The number of sulfonamides is 1. The lowest BCUT2D eigenvalue weighted by Crippen LogP contribution is -2.13. The van der Waals surface area contributed by atoms with Crippen molar-refractivity contribution in [2.45, 2.75) is 13.3 Å². The van der Waals surface area contributed by atoms with Gasteiger partial charge in [-0.3, -0.25) is 4.72 Å². The van der Waals surface area contributed by atoms with Crippen LogP contribution >= 0.6 is 11.3 Å². The van der Waals surface area contributed by atoms with E-state index in [1.54, 1.807) is 23.7 Å². The summed E-state index contributed by atoms with van der Waals surface area (Å²) in [5.41, 5.74) is 0. The number of hydrogen-bond acceptors (Lipinski definition) is 4. The third-order valence-electron chi connectivity index (χ3n) is 1.77. The van der Waals surface area contributed by atoms with Crippen molar-refractivity contribution in [3.05, 3.63) is 47.4 Å². The second-order valence-electron chi connectivity index (χ2n) is 3.05. The van der Waals surface area contributed by atoms with Crippen LogP contribution in [0, 0.1) is 0 Å². The summed E-state index contributed by atoms with van der Waals surface area (Å²) >= 11 is 1.24. The molecule has 0 aliphatic rings. The third-order valence-corrected chi connectivity index (χ3v) is 3.97. The van der Waals surface area contributed by atoms with Crippen LogP contribution in [0.5, 0.6) is 0 Å². The van der Waals surface area contributed by atoms with Crippen LogP contribution in [0.4, 0.5) is 5.13 Å². The molecule has 6 heteroatoms. The van der Waals surface area contributed by atoms with E-state index in [1.165, 1.54) is 23.5 Å². The fraction of sp³-hybridized carbons (Fsp3) is 0.182. The molecule has 1 rings (SSSR count). The average molecular weight is 270 g/mol. The molecule has 0 saturated carbocycles. The molecule has 1 aromatic heterocycles. The number of aromatic nitrogens is 1. The van der Waals surface area contributed by atoms with E-state index in [0.717, 1.165) is 0 Å². The molecule has 0 aromatic carbocycles. The summed E-state index contributed by atoms with van der Waals surface area (Å²) in [6, 6.07) is 0. The molecule has 0 aliphatic heterocycles. The Morgan fingerprint density at radius 3 is 2.94 bits per heavy atom. The van der Waals surface area contributed by atoms with Crippen molar-refractivity contribution in [1.82, 2.24) is 4.98 Å². The fourth-order valence-corrected chi connectivity index (χ4v) is 3.02. The number of thiazole rings is 1. The molecule has 17 heavy (non-hydrogen) atoms. The molecule has 0 spiro atoms. The largest absolute Gasteiger partial charge is 0.263 e. The van der Waals surface area contributed by atoms with Gasteiger partial charge in [0, 0.05) is 11.6 Å². The molecule has 4 nitrogen and oxygen atoms in total. The van der Waals surface area contributed by atoms with Crippen LogP contribution in [-0.4, -0.2) is 13.4 Å². The van der Waals surface area contributed by atoms with Crippen LogP contribution in [0.2, 0.25) is 0 Å². The Bertz CT molecular complexity index is 514. The maximum Gasteiger partial charge on any atom is 0.263 e. The maximum atomic E-state index is 12.0. The second kappa shape index (κ2) is 6.36. The monoisotopic (exact) mass is 270 g/mol. The molecule has 0 saturated heterocycles. The lowest BCUT2D eigenvalue weighted by molar-refractivity contribution is 0.607. The predicted octanol–water partition coefficient (Wildman–Crippen LogP) is 2.92. The lowest BCUT2D eigenvalue weighted by Gasteiger charge is -2.05. The van der Waals surface area contributed by atoms with Gasteiger partial charge in [0.1, 0.15) is 0 Å². The summed E-state index contributed by atoms with van der Waals surface area (Å²) in [7, 11) is -3.56. The van der Waals surface area contributed by atoms with Crippen molar-refractivity contribution in [3.8, 4) is 0 Å². The number of hydrogen-bond donors (Lipinski definition) is 1. The molecule has 0 radical (unpaired) electrons. The summed E-state index contributed by atoms with van der Waals surface area (Å²) in [6.45, 7) is 5.39. The highest BCUT2D eigenvalue weighted by atomic mass is 32.2. The summed E-state index contributed by atoms with van der Waals surface area (Å²) in [6.07, 6.45) is 8.44. The molecule has 0 amide bonds. The van der Waals surface area contributed by atoms with Crippen molar-refractivity contribution in [3.63, 3.8) is 0 Å². The van der Waals surface area contributed by atoms with Gasteiger partial charge in [0.25, 0.3) is 10.0 Å². The van der Waals surface area contributed by atoms with Crippen LogP contribution in [0.3, 0.4) is 0 Å². The van der Waals surface area contributed by atoms with Crippen molar-refractivity contribution < 1.29 is 8.42 Å².